The number of hydrogen-bond donors (Lipinski definition) is 2. The molecule has 2 rings (SSSR count). The molecule has 1 aliphatic carbocycles. The summed E-state index contributed by atoms with van der Waals surface area (Å²) in [5.74, 6) is 0. The van der Waals surface area contributed by atoms with Crippen molar-refractivity contribution in [2.75, 3.05) is 19.6 Å². The lowest BCUT2D eigenvalue weighted by Crippen LogP contribution is -2.55. The number of hydrogen-bond acceptors (Lipinski definition) is 2. The van der Waals surface area contributed by atoms with Gasteiger partial charge in [0.15, 0.2) is 0 Å². The maximum atomic E-state index is 10.8. The van der Waals surface area contributed by atoms with Gasteiger partial charge in [0, 0.05) is 25.2 Å². The van der Waals surface area contributed by atoms with E-state index in [-0.39, 0.29) is 11.6 Å². The number of nitrogens with two attached hydrogens (primary N) is 1. The zero-order valence-electron chi connectivity index (χ0n) is 6.47. The smallest absolute Gasteiger partial charge is 0.314 e. The van der Waals surface area contributed by atoms with Crippen LogP contribution < -0.4 is 11.1 Å². The number of rotatable bonds is 0. The number of nitrogens with one attached hydrogen (secondary N) is 1. The highest BCUT2D eigenvalue weighted by Crippen LogP contribution is 2.37. The molecule has 3 N–H and O–H groups in total. The van der Waals surface area contributed by atoms with Crippen LogP contribution in [0.3, 0.4) is 0 Å². The molecule has 1 aliphatic heterocycles. The van der Waals surface area contributed by atoms with Gasteiger partial charge in [-0.05, 0) is 12.8 Å². The van der Waals surface area contributed by atoms with Gasteiger partial charge in [0.1, 0.15) is 0 Å². The summed E-state index contributed by atoms with van der Waals surface area (Å²) in [5, 5.41) is 3.40. The first-order valence-electron chi connectivity index (χ1n) is 4.01. The van der Waals surface area contributed by atoms with Crippen LogP contribution in [0.2, 0.25) is 0 Å². The minimum absolute atomic E-state index is 0.257. The number of amides is 2. The summed E-state index contributed by atoms with van der Waals surface area (Å²) in [4.78, 5) is 12.5. The number of urea groups is 1. The van der Waals surface area contributed by atoms with Crippen LogP contribution in [0.4, 0.5) is 4.79 Å². The van der Waals surface area contributed by atoms with Gasteiger partial charge in [-0.2, -0.15) is 0 Å². The average Bonchev–Trinajstić information content (AvgIpc) is 2.69. The van der Waals surface area contributed by atoms with E-state index in [0.717, 1.165) is 19.6 Å². The van der Waals surface area contributed by atoms with E-state index in [1.807, 2.05) is 0 Å². The third-order valence-corrected chi connectivity index (χ3v) is 2.54. The van der Waals surface area contributed by atoms with E-state index >= 15 is 0 Å². The summed E-state index contributed by atoms with van der Waals surface area (Å²) in [5.41, 5.74) is 5.43. The monoisotopic (exact) mass is 155 g/mol. The standard InChI is InChI=1S/C7H13N3O/c8-6(11)10-4-3-9-7(5-10)1-2-7/h9H,1-5H2,(H2,8,11). The van der Waals surface area contributed by atoms with E-state index in [1.54, 1.807) is 4.90 Å². The Bertz CT molecular complexity index is 188. The molecule has 2 fully saturated rings. The third kappa shape index (κ3) is 1.18. The van der Waals surface area contributed by atoms with Crippen LogP contribution in [0, 0.1) is 0 Å². The van der Waals surface area contributed by atoms with Gasteiger partial charge in [-0.25, -0.2) is 4.79 Å². The fourth-order valence-electron chi connectivity index (χ4n) is 1.63. The van der Waals surface area contributed by atoms with Gasteiger partial charge in [-0.3, -0.25) is 0 Å². The highest BCUT2D eigenvalue weighted by molar-refractivity contribution is 5.72. The molecule has 4 heteroatoms. The summed E-state index contributed by atoms with van der Waals surface area (Å²) in [6, 6.07) is -0.280. The van der Waals surface area contributed by atoms with Crippen molar-refractivity contribution in [3.05, 3.63) is 0 Å². The summed E-state index contributed by atoms with van der Waals surface area (Å²) >= 11 is 0. The molecule has 1 saturated heterocycles. The molecule has 1 heterocycles. The van der Waals surface area contributed by atoms with E-state index < -0.39 is 0 Å². The lowest BCUT2D eigenvalue weighted by atomic mass is 10.2. The second-order valence-electron chi connectivity index (χ2n) is 3.47. The highest BCUT2D eigenvalue weighted by atomic mass is 16.2. The number of piperazine rings is 1. The molecule has 2 aliphatic rings. The molecule has 62 valence electrons. The van der Waals surface area contributed by atoms with Crippen LogP contribution in [-0.2, 0) is 0 Å². The van der Waals surface area contributed by atoms with Gasteiger partial charge in [-0.1, -0.05) is 0 Å². The predicted molar refractivity (Wildman–Crippen MR) is 41.1 cm³/mol. The Hall–Kier alpha value is -0.770. The van der Waals surface area contributed by atoms with Crippen LogP contribution in [0.15, 0.2) is 0 Å². The largest absolute Gasteiger partial charge is 0.351 e. The van der Waals surface area contributed by atoms with Crippen LogP contribution in [-0.4, -0.2) is 36.1 Å². The molecule has 1 spiro atoms. The van der Waals surface area contributed by atoms with E-state index in [2.05, 4.69) is 5.32 Å². The molecule has 2 amide bonds. The maximum absolute atomic E-state index is 10.8. The molecule has 0 aromatic heterocycles. The average molecular weight is 155 g/mol. The zero-order chi connectivity index (χ0) is 7.90. The van der Waals surface area contributed by atoms with Crippen LogP contribution in [0.5, 0.6) is 0 Å². The van der Waals surface area contributed by atoms with Gasteiger partial charge in [0.05, 0.1) is 0 Å². The minimum atomic E-state index is -0.280. The Morgan fingerprint density at radius 2 is 2.27 bits per heavy atom. The molecule has 11 heavy (non-hydrogen) atoms. The second-order valence-corrected chi connectivity index (χ2v) is 3.47. The predicted octanol–water partition coefficient (Wildman–Crippen LogP) is -0.497. The summed E-state index contributed by atoms with van der Waals surface area (Å²) in [7, 11) is 0. The van der Waals surface area contributed by atoms with Gasteiger partial charge in [-0.15, -0.1) is 0 Å². The molecule has 1 saturated carbocycles. The van der Waals surface area contributed by atoms with E-state index in [4.69, 9.17) is 5.73 Å². The van der Waals surface area contributed by atoms with Crippen molar-refractivity contribution in [3.8, 4) is 0 Å². The van der Waals surface area contributed by atoms with Crippen LogP contribution in [0.25, 0.3) is 0 Å². The Balaban J connectivity index is 1.98. The highest BCUT2D eigenvalue weighted by Gasteiger charge is 2.46. The van der Waals surface area contributed by atoms with Crippen LogP contribution in [0.1, 0.15) is 12.8 Å². The minimum Gasteiger partial charge on any atom is -0.351 e. The zero-order valence-corrected chi connectivity index (χ0v) is 6.47. The molecule has 0 radical (unpaired) electrons. The first-order chi connectivity index (χ1) is 5.22. The molecule has 0 aromatic carbocycles. The quantitative estimate of drug-likeness (QED) is 0.495. The van der Waals surface area contributed by atoms with Crippen molar-refractivity contribution in [2.24, 2.45) is 5.73 Å². The van der Waals surface area contributed by atoms with Crippen molar-refractivity contribution in [1.29, 1.82) is 0 Å². The molecule has 0 bridgehead atoms. The summed E-state index contributed by atoms with van der Waals surface area (Å²) < 4.78 is 0. The Labute approximate surface area is 65.7 Å². The molecular formula is C7H13N3O. The van der Waals surface area contributed by atoms with Crippen LogP contribution >= 0.6 is 0 Å². The van der Waals surface area contributed by atoms with Gasteiger partial charge in [0.25, 0.3) is 0 Å². The van der Waals surface area contributed by atoms with Crippen molar-refractivity contribution in [3.63, 3.8) is 0 Å². The number of carbonyl (C=O) groups excluding carboxylic acids is 1. The Morgan fingerprint density at radius 3 is 2.82 bits per heavy atom. The van der Waals surface area contributed by atoms with Crippen molar-refractivity contribution < 1.29 is 4.79 Å². The normalized spacial score (nSPS) is 27.1. The van der Waals surface area contributed by atoms with E-state index in [9.17, 15) is 4.79 Å². The van der Waals surface area contributed by atoms with Crippen molar-refractivity contribution in [1.82, 2.24) is 10.2 Å². The van der Waals surface area contributed by atoms with E-state index in [0.29, 0.717) is 0 Å². The molecule has 0 aromatic rings. The molecule has 0 unspecified atom stereocenters. The van der Waals surface area contributed by atoms with Gasteiger partial charge < -0.3 is 16.0 Å². The second kappa shape index (κ2) is 2.11. The first-order valence-corrected chi connectivity index (χ1v) is 4.01. The first kappa shape index (κ1) is 6.91. The molecule has 0 atom stereocenters. The lowest BCUT2D eigenvalue weighted by molar-refractivity contribution is 0.181. The van der Waals surface area contributed by atoms with Gasteiger partial charge in [0.2, 0.25) is 0 Å². The van der Waals surface area contributed by atoms with Crippen molar-refractivity contribution >= 4 is 6.03 Å². The fraction of sp³-hybridized carbons (Fsp3) is 0.857. The Morgan fingerprint density at radius 1 is 1.55 bits per heavy atom. The lowest BCUT2D eigenvalue weighted by Gasteiger charge is -2.32. The summed E-state index contributed by atoms with van der Waals surface area (Å²) in [6.45, 7) is 2.46. The summed E-state index contributed by atoms with van der Waals surface area (Å²) in [6.07, 6.45) is 2.38. The maximum Gasteiger partial charge on any atom is 0.314 e. The topological polar surface area (TPSA) is 58.4 Å². The van der Waals surface area contributed by atoms with E-state index in [1.165, 1.54) is 12.8 Å². The Kier molecular flexibility index (Phi) is 1.32. The number of carbonyl (C=O) groups is 1. The van der Waals surface area contributed by atoms with Crippen molar-refractivity contribution in [2.45, 2.75) is 18.4 Å². The number of primary amides is 1. The SMILES string of the molecule is NC(=O)N1CCNC2(CC2)C1. The molecule has 4 nitrogen and oxygen atoms in total. The fourth-order valence-corrected chi connectivity index (χ4v) is 1.63. The number of nitrogens with zero attached hydrogens (tertiary/aromatic N) is 1. The third-order valence-electron chi connectivity index (χ3n) is 2.54. The molecular weight excluding hydrogens is 142 g/mol. The van der Waals surface area contributed by atoms with Gasteiger partial charge >= 0.3 is 6.03 Å².